The Labute approximate surface area is 104 Å². The van der Waals surface area contributed by atoms with Crippen LogP contribution in [0.1, 0.15) is 38.9 Å². The van der Waals surface area contributed by atoms with Gasteiger partial charge in [0.05, 0.1) is 0 Å². The van der Waals surface area contributed by atoms with Crippen LogP contribution >= 0.6 is 0 Å². The van der Waals surface area contributed by atoms with Crippen molar-refractivity contribution in [3.63, 3.8) is 0 Å². The predicted molar refractivity (Wildman–Crippen MR) is 68.4 cm³/mol. The average Bonchev–Trinajstić information content (AvgIpc) is 2.88. The quantitative estimate of drug-likeness (QED) is 0.849. The lowest BCUT2D eigenvalue weighted by atomic mass is 9.93. The van der Waals surface area contributed by atoms with Crippen molar-refractivity contribution in [2.75, 3.05) is 6.54 Å². The molecule has 1 fully saturated rings. The van der Waals surface area contributed by atoms with Crippen molar-refractivity contribution in [1.82, 2.24) is 14.8 Å². The number of nitrogens with zero attached hydrogens (tertiary/aromatic N) is 3. The minimum absolute atomic E-state index is 0.615. The summed E-state index contributed by atoms with van der Waals surface area (Å²) in [7, 11) is 0. The Balaban J connectivity index is 2.00. The molecule has 17 heavy (non-hydrogen) atoms. The molecule has 1 aliphatic carbocycles. The molecule has 4 nitrogen and oxygen atoms in total. The Morgan fingerprint density at radius 3 is 2.88 bits per heavy atom. The molecular formula is C13H24N4. The summed E-state index contributed by atoms with van der Waals surface area (Å²) in [4.78, 5) is 4.41. The highest BCUT2D eigenvalue weighted by Gasteiger charge is 2.27. The van der Waals surface area contributed by atoms with Crippen molar-refractivity contribution in [2.45, 2.75) is 46.1 Å². The second-order valence-corrected chi connectivity index (χ2v) is 5.64. The van der Waals surface area contributed by atoms with Gasteiger partial charge in [0, 0.05) is 13.0 Å². The molecule has 0 spiro atoms. The number of rotatable bonds is 5. The van der Waals surface area contributed by atoms with E-state index in [-0.39, 0.29) is 0 Å². The van der Waals surface area contributed by atoms with E-state index in [4.69, 9.17) is 5.73 Å². The van der Waals surface area contributed by atoms with Crippen LogP contribution in [0.5, 0.6) is 0 Å². The van der Waals surface area contributed by atoms with Gasteiger partial charge in [0.25, 0.3) is 0 Å². The third kappa shape index (κ3) is 3.06. The molecule has 0 amide bonds. The van der Waals surface area contributed by atoms with Gasteiger partial charge in [-0.15, -0.1) is 0 Å². The van der Waals surface area contributed by atoms with Crippen molar-refractivity contribution in [2.24, 2.45) is 23.5 Å². The first kappa shape index (κ1) is 12.6. The van der Waals surface area contributed by atoms with Gasteiger partial charge in [-0.25, -0.2) is 9.67 Å². The molecule has 0 bridgehead atoms. The molecule has 0 aromatic carbocycles. The molecule has 0 saturated heterocycles. The van der Waals surface area contributed by atoms with Crippen molar-refractivity contribution in [3.05, 3.63) is 12.2 Å². The van der Waals surface area contributed by atoms with Gasteiger partial charge in [-0.05, 0) is 37.1 Å². The van der Waals surface area contributed by atoms with E-state index in [9.17, 15) is 0 Å². The fraction of sp³-hybridized carbons (Fsp3) is 0.846. The van der Waals surface area contributed by atoms with Gasteiger partial charge in [-0.2, -0.15) is 5.10 Å². The van der Waals surface area contributed by atoms with E-state index in [0.717, 1.165) is 31.3 Å². The van der Waals surface area contributed by atoms with E-state index in [1.165, 1.54) is 19.3 Å². The summed E-state index contributed by atoms with van der Waals surface area (Å²) < 4.78 is 2.07. The maximum absolute atomic E-state index is 5.83. The Kier molecular flexibility index (Phi) is 4.15. The van der Waals surface area contributed by atoms with Gasteiger partial charge < -0.3 is 5.73 Å². The molecule has 1 aromatic rings. The van der Waals surface area contributed by atoms with Gasteiger partial charge >= 0.3 is 0 Å². The molecule has 1 aromatic heterocycles. The van der Waals surface area contributed by atoms with E-state index < -0.39 is 0 Å². The Hall–Kier alpha value is -0.900. The zero-order valence-corrected chi connectivity index (χ0v) is 11.0. The highest BCUT2D eigenvalue weighted by atomic mass is 15.3. The van der Waals surface area contributed by atoms with Gasteiger partial charge in [0.2, 0.25) is 0 Å². The highest BCUT2D eigenvalue weighted by molar-refractivity contribution is 4.91. The Morgan fingerprint density at radius 2 is 2.18 bits per heavy atom. The highest BCUT2D eigenvalue weighted by Crippen LogP contribution is 2.33. The summed E-state index contributed by atoms with van der Waals surface area (Å²) in [5.41, 5.74) is 5.83. The molecule has 1 saturated carbocycles. The molecule has 1 heterocycles. The van der Waals surface area contributed by atoms with Crippen LogP contribution < -0.4 is 5.73 Å². The first-order valence-electron chi connectivity index (χ1n) is 6.77. The van der Waals surface area contributed by atoms with Crippen molar-refractivity contribution in [3.8, 4) is 0 Å². The number of aromatic nitrogens is 3. The zero-order chi connectivity index (χ0) is 12.3. The molecule has 2 unspecified atom stereocenters. The molecule has 1 aliphatic rings. The smallest absolute Gasteiger partial charge is 0.138 e. The minimum Gasteiger partial charge on any atom is -0.330 e. The third-order valence-corrected chi connectivity index (χ3v) is 3.80. The fourth-order valence-electron chi connectivity index (χ4n) is 2.87. The summed E-state index contributed by atoms with van der Waals surface area (Å²) in [6.45, 7) is 6.21. The van der Waals surface area contributed by atoms with E-state index in [1.54, 1.807) is 6.33 Å². The predicted octanol–water partition coefficient (Wildman–Crippen LogP) is 1.85. The minimum atomic E-state index is 0.615. The van der Waals surface area contributed by atoms with E-state index >= 15 is 0 Å². The number of nitrogens with two attached hydrogens (primary N) is 1. The fourth-order valence-corrected chi connectivity index (χ4v) is 2.87. The maximum atomic E-state index is 5.83. The molecule has 0 aliphatic heterocycles. The maximum Gasteiger partial charge on any atom is 0.138 e. The standard InChI is InChI=1S/C13H24N4/c1-10(2)8-17-13(15-9-16-17)6-11-4-3-5-12(11)7-14/h9-12H,3-8,14H2,1-2H3. The van der Waals surface area contributed by atoms with E-state index in [2.05, 4.69) is 28.6 Å². The topological polar surface area (TPSA) is 56.7 Å². The number of hydrogen-bond acceptors (Lipinski definition) is 3. The molecule has 0 radical (unpaired) electrons. The lowest BCUT2D eigenvalue weighted by Gasteiger charge is -2.18. The summed E-state index contributed by atoms with van der Waals surface area (Å²) in [5.74, 6) is 3.17. The van der Waals surface area contributed by atoms with Crippen LogP contribution in [-0.4, -0.2) is 21.3 Å². The number of hydrogen-bond donors (Lipinski definition) is 1. The Morgan fingerprint density at radius 1 is 1.41 bits per heavy atom. The summed E-state index contributed by atoms with van der Waals surface area (Å²) in [6, 6.07) is 0. The van der Waals surface area contributed by atoms with E-state index in [0.29, 0.717) is 11.8 Å². The molecule has 96 valence electrons. The molecule has 2 rings (SSSR count). The van der Waals surface area contributed by atoms with Gasteiger partial charge in [0.1, 0.15) is 12.2 Å². The second kappa shape index (κ2) is 5.63. The van der Waals surface area contributed by atoms with Crippen LogP contribution in [-0.2, 0) is 13.0 Å². The second-order valence-electron chi connectivity index (χ2n) is 5.64. The molecule has 4 heteroatoms. The van der Waals surface area contributed by atoms with Crippen LogP contribution in [0.25, 0.3) is 0 Å². The van der Waals surface area contributed by atoms with E-state index in [1.807, 2.05) is 0 Å². The molecular weight excluding hydrogens is 212 g/mol. The summed E-state index contributed by atoms with van der Waals surface area (Å²) in [6.07, 6.45) is 6.65. The largest absolute Gasteiger partial charge is 0.330 e. The monoisotopic (exact) mass is 236 g/mol. The first-order chi connectivity index (χ1) is 8.20. The lowest BCUT2D eigenvalue weighted by Crippen LogP contribution is -2.22. The van der Waals surface area contributed by atoms with Crippen LogP contribution in [0.4, 0.5) is 0 Å². The SMILES string of the molecule is CC(C)Cn1ncnc1CC1CCCC1CN. The van der Waals surface area contributed by atoms with Crippen molar-refractivity contribution >= 4 is 0 Å². The van der Waals surface area contributed by atoms with Crippen molar-refractivity contribution in [1.29, 1.82) is 0 Å². The summed E-state index contributed by atoms with van der Waals surface area (Å²) in [5, 5.41) is 4.32. The third-order valence-electron chi connectivity index (χ3n) is 3.80. The van der Waals surface area contributed by atoms with Crippen LogP contribution in [0.15, 0.2) is 6.33 Å². The Bertz CT molecular complexity index is 345. The lowest BCUT2D eigenvalue weighted by molar-refractivity contribution is 0.371. The normalized spacial score (nSPS) is 24.7. The molecule has 2 N–H and O–H groups in total. The van der Waals surface area contributed by atoms with Crippen molar-refractivity contribution < 1.29 is 0 Å². The van der Waals surface area contributed by atoms with Crippen LogP contribution in [0.3, 0.4) is 0 Å². The first-order valence-corrected chi connectivity index (χ1v) is 6.77. The van der Waals surface area contributed by atoms with Crippen LogP contribution in [0, 0.1) is 17.8 Å². The summed E-state index contributed by atoms with van der Waals surface area (Å²) >= 11 is 0. The van der Waals surface area contributed by atoms with Gasteiger partial charge in [-0.3, -0.25) is 0 Å². The van der Waals surface area contributed by atoms with Crippen LogP contribution in [0.2, 0.25) is 0 Å². The average molecular weight is 236 g/mol. The zero-order valence-electron chi connectivity index (χ0n) is 11.0. The molecule has 2 atom stereocenters. The van der Waals surface area contributed by atoms with Gasteiger partial charge in [-0.1, -0.05) is 20.3 Å². The van der Waals surface area contributed by atoms with Gasteiger partial charge in [0.15, 0.2) is 0 Å².